The minimum Gasteiger partial charge on any atom is -0.438 e. The number of rotatable bonds is 8. The summed E-state index contributed by atoms with van der Waals surface area (Å²) in [6.07, 6.45) is 4.85. The molecule has 1 saturated carbocycles. The highest BCUT2D eigenvalue weighted by Gasteiger charge is 2.45. The molecule has 1 aromatic heterocycles. The van der Waals surface area contributed by atoms with Crippen molar-refractivity contribution >= 4 is 21.4 Å². The van der Waals surface area contributed by atoms with E-state index in [9.17, 15) is 18.9 Å². The summed E-state index contributed by atoms with van der Waals surface area (Å²) < 4.78 is 48.3. The van der Waals surface area contributed by atoms with Crippen molar-refractivity contribution in [2.24, 2.45) is 0 Å². The first kappa shape index (κ1) is 25.5. The van der Waals surface area contributed by atoms with Crippen LogP contribution in [0.15, 0.2) is 54.7 Å². The van der Waals surface area contributed by atoms with Crippen molar-refractivity contribution in [1.29, 1.82) is 10.5 Å². The summed E-state index contributed by atoms with van der Waals surface area (Å²) in [6, 6.07) is 16.9. The second-order valence-electron chi connectivity index (χ2n) is 9.49. The summed E-state index contributed by atoms with van der Waals surface area (Å²) in [5.41, 5.74) is 2.33. The van der Waals surface area contributed by atoms with E-state index in [0.29, 0.717) is 23.3 Å². The summed E-state index contributed by atoms with van der Waals surface area (Å²) in [4.78, 5) is 6.26. The molecule has 2 aromatic carbocycles. The van der Waals surface area contributed by atoms with Gasteiger partial charge in [0.2, 0.25) is 15.9 Å². The summed E-state index contributed by atoms with van der Waals surface area (Å²) >= 11 is 0. The van der Waals surface area contributed by atoms with Gasteiger partial charge in [0.05, 0.1) is 29.5 Å². The number of halogens is 1. The van der Waals surface area contributed by atoms with Crippen molar-refractivity contribution in [1.82, 2.24) is 4.98 Å². The van der Waals surface area contributed by atoms with Crippen LogP contribution in [0.3, 0.4) is 0 Å². The van der Waals surface area contributed by atoms with E-state index in [1.54, 1.807) is 43.5 Å². The fraction of sp³-hybridized carbons (Fsp3) is 0.321. The molecule has 1 aliphatic carbocycles. The molecular weight excluding hydrogens is 505 g/mol. The molecular formula is C28H26FN5O3S. The van der Waals surface area contributed by atoms with Gasteiger partial charge in [-0.3, -0.25) is 4.72 Å². The van der Waals surface area contributed by atoms with Crippen molar-refractivity contribution in [2.45, 2.75) is 50.6 Å². The Balaban J connectivity index is 1.52. The molecule has 1 aliphatic heterocycles. The highest BCUT2D eigenvalue weighted by atomic mass is 32.2. The SMILES string of the molecule is CCCS(=O)(=O)Nc1ccc(C2C(C#N)c3ccc(Oc4ncccc4C#N)cc3N2C2CCC2)c(F)c1. The third-order valence-electron chi connectivity index (χ3n) is 7.01. The van der Waals surface area contributed by atoms with Gasteiger partial charge in [-0.25, -0.2) is 17.8 Å². The number of aromatic nitrogens is 1. The van der Waals surface area contributed by atoms with Gasteiger partial charge < -0.3 is 9.64 Å². The van der Waals surface area contributed by atoms with Crippen molar-refractivity contribution in [3.05, 3.63) is 77.2 Å². The van der Waals surface area contributed by atoms with Crippen LogP contribution in [0.5, 0.6) is 11.6 Å². The fourth-order valence-corrected chi connectivity index (χ4v) is 6.24. The van der Waals surface area contributed by atoms with E-state index in [-0.39, 0.29) is 23.4 Å². The molecule has 194 valence electrons. The van der Waals surface area contributed by atoms with E-state index in [1.165, 1.54) is 6.07 Å². The monoisotopic (exact) mass is 531 g/mol. The number of ether oxygens (including phenoxy) is 1. The largest absolute Gasteiger partial charge is 0.438 e. The number of anilines is 2. The molecule has 1 fully saturated rings. The van der Waals surface area contributed by atoms with Crippen LogP contribution in [-0.4, -0.2) is 25.2 Å². The summed E-state index contributed by atoms with van der Waals surface area (Å²) in [6.45, 7) is 1.76. The Morgan fingerprint density at radius 2 is 1.95 bits per heavy atom. The molecule has 10 heteroatoms. The third kappa shape index (κ3) is 4.75. The number of pyridine rings is 1. The van der Waals surface area contributed by atoms with Gasteiger partial charge in [-0.2, -0.15) is 10.5 Å². The van der Waals surface area contributed by atoms with Crippen molar-refractivity contribution < 1.29 is 17.5 Å². The molecule has 2 heterocycles. The normalized spacial score (nSPS) is 18.7. The molecule has 0 amide bonds. The van der Waals surface area contributed by atoms with Gasteiger partial charge in [0.15, 0.2) is 0 Å². The zero-order chi connectivity index (χ0) is 26.9. The first-order chi connectivity index (χ1) is 18.3. The van der Waals surface area contributed by atoms with Crippen LogP contribution >= 0.6 is 0 Å². The number of hydrogen-bond acceptors (Lipinski definition) is 7. The second kappa shape index (κ2) is 10.3. The first-order valence-corrected chi connectivity index (χ1v) is 14.1. The van der Waals surface area contributed by atoms with Gasteiger partial charge in [-0.1, -0.05) is 19.1 Å². The van der Waals surface area contributed by atoms with Crippen LogP contribution in [-0.2, 0) is 10.0 Å². The summed E-state index contributed by atoms with van der Waals surface area (Å²) in [7, 11) is -3.57. The molecule has 2 aliphatic rings. The maximum Gasteiger partial charge on any atom is 0.237 e. The fourth-order valence-electron chi connectivity index (χ4n) is 5.11. The number of nitrogens with one attached hydrogen (secondary N) is 1. The number of nitriles is 2. The topological polar surface area (TPSA) is 119 Å². The lowest BCUT2D eigenvalue weighted by Crippen LogP contribution is -2.41. The van der Waals surface area contributed by atoms with Gasteiger partial charge in [-0.05, 0) is 61.6 Å². The van der Waals surface area contributed by atoms with Crippen LogP contribution in [0.4, 0.5) is 15.8 Å². The van der Waals surface area contributed by atoms with Crippen LogP contribution in [0, 0.1) is 28.5 Å². The molecule has 0 spiro atoms. The lowest BCUT2D eigenvalue weighted by atomic mass is 9.87. The maximum absolute atomic E-state index is 15.6. The van der Waals surface area contributed by atoms with Crippen LogP contribution in [0.1, 0.15) is 61.3 Å². The van der Waals surface area contributed by atoms with E-state index in [0.717, 1.165) is 30.5 Å². The summed E-state index contributed by atoms with van der Waals surface area (Å²) in [5.74, 6) is -0.626. The molecule has 2 unspecified atom stereocenters. The number of nitrogens with zero attached hydrogens (tertiary/aromatic N) is 4. The van der Waals surface area contributed by atoms with Crippen LogP contribution < -0.4 is 14.4 Å². The zero-order valence-electron chi connectivity index (χ0n) is 20.8. The highest BCUT2D eigenvalue weighted by Crippen LogP contribution is 2.53. The van der Waals surface area contributed by atoms with E-state index in [1.807, 2.05) is 12.1 Å². The van der Waals surface area contributed by atoms with E-state index < -0.39 is 27.8 Å². The average Bonchev–Trinajstić information content (AvgIpc) is 3.16. The lowest BCUT2D eigenvalue weighted by Gasteiger charge is -2.41. The minimum absolute atomic E-state index is 0.0565. The van der Waals surface area contributed by atoms with Crippen molar-refractivity contribution in [3.63, 3.8) is 0 Å². The quantitative estimate of drug-likeness (QED) is 0.393. The first-order valence-electron chi connectivity index (χ1n) is 12.5. The molecule has 8 nitrogen and oxygen atoms in total. The predicted molar refractivity (Wildman–Crippen MR) is 141 cm³/mol. The van der Waals surface area contributed by atoms with Gasteiger partial charge in [0.1, 0.15) is 23.2 Å². The van der Waals surface area contributed by atoms with E-state index in [2.05, 4.69) is 26.7 Å². The van der Waals surface area contributed by atoms with Crippen LogP contribution in [0.2, 0.25) is 0 Å². The molecule has 0 radical (unpaired) electrons. The molecule has 38 heavy (non-hydrogen) atoms. The molecule has 2 atom stereocenters. The molecule has 1 N–H and O–H groups in total. The molecule has 5 rings (SSSR count). The zero-order valence-corrected chi connectivity index (χ0v) is 21.6. The Hall–Kier alpha value is -4.15. The average molecular weight is 532 g/mol. The number of sulfonamides is 1. The minimum atomic E-state index is -3.57. The Morgan fingerprint density at radius 3 is 2.61 bits per heavy atom. The Labute approximate surface area is 221 Å². The highest BCUT2D eigenvalue weighted by molar-refractivity contribution is 7.92. The Bertz CT molecular complexity index is 1560. The van der Waals surface area contributed by atoms with E-state index >= 15 is 4.39 Å². The third-order valence-corrected chi connectivity index (χ3v) is 8.50. The van der Waals surface area contributed by atoms with Gasteiger partial charge >= 0.3 is 0 Å². The van der Waals surface area contributed by atoms with Crippen LogP contribution in [0.25, 0.3) is 0 Å². The molecule has 0 saturated heterocycles. The Kier molecular flexibility index (Phi) is 6.92. The maximum atomic E-state index is 15.6. The van der Waals surface area contributed by atoms with Gasteiger partial charge in [0, 0.05) is 29.6 Å². The second-order valence-corrected chi connectivity index (χ2v) is 11.3. The molecule has 0 bridgehead atoms. The smallest absolute Gasteiger partial charge is 0.237 e. The number of hydrogen-bond donors (Lipinski definition) is 1. The molecule has 3 aromatic rings. The van der Waals surface area contributed by atoms with E-state index in [4.69, 9.17) is 4.74 Å². The standard InChI is InChI=1S/C28H26FN5O3S/c1-2-13-38(35,36)33-19-8-10-23(25(29)14-19)27-24(17-31)22-11-9-21(15-26(22)34(27)20-6-3-7-20)37-28-18(16-30)5-4-12-32-28/h4-5,8-12,14-15,20,24,27,33H,2-3,6-7,13H2,1H3. The number of benzene rings is 2. The van der Waals surface area contributed by atoms with Crippen molar-refractivity contribution in [3.8, 4) is 23.8 Å². The lowest BCUT2D eigenvalue weighted by molar-refractivity contribution is 0.359. The van der Waals surface area contributed by atoms with Gasteiger partial charge in [-0.15, -0.1) is 0 Å². The van der Waals surface area contributed by atoms with Gasteiger partial charge in [0.25, 0.3) is 0 Å². The number of fused-ring (bicyclic) bond motifs is 1. The van der Waals surface area contributed by atoms with Crippen molar-refractivity contribution in [2.75, 3.05) is 15.4 Å². The summed E-state index contributed by atoms with van der Waals surface area (Å²) in [5, 5.41) is 19.6. The Morgan fingerprint density at radius 1 is 1.16 bits per heavy atom. The predicted octanol–water partition coefficient (Wildman–Crippen LogP) is 5.76.